The molecule has 6 nitrogen and oxygen atoms in total. The predicted molar refractivity (Wildman–Crippen MR) is 58.9 cm³/mol. The molecule has 6 heteroatoms. The van der Waals surface area contributed by atoms with Gasteiger partial charge in [0.2, 0.25) is 5.91 Å². The molecular weight excluding hydrogens is 208 g/mol. The summed E-state index contributed by atoms with van der Waals surface area (Å²) in [7, 11) is 0. The highest BCUT2D eigenvalue weighted by atomic mass is 16.5. The summed E-state index contributed by atoms with van der Waals surface area (Å²) in [6.45, 7) is 4.46. The highest BCUT2D eigenvalue weighted by Gasteiger charge is 2.44. The van der Waals surface area contributed by atoms with E-state index >= 15 is 0 Å². The number of rotatable bonds is 2. The Hall–Kier alpha value is -1.40. The van der Waals surface area contributed by atoms with E-state index < -0.39 is 5.41 Å². The molecule has 1 aromatic heterocycles. The number of hydrogen-bond acceptors (Lipinski definition) is 4. The van der Waals surface area contributed by atoms with Gasteiger partial charge in [-0.15, -0.1) is 0 Å². The van der Waals surface area contributed by atoms with Crippen molar-refractivity contribution in [2.75, 3.05) is 18.5 Å². The van der Waals surface area contributed by atoms with Crippen LogP contribution in [0.5, 0.6) is 0 Å². The van der Waals surface area contributed by atoms with E-state index in [0.29, 0.717) is 19.0 Å². The van der Waals surface area contributed by atoms with Crippen LogP contribution in [0.25, 0.3) is 0 Å². The SMILES string of the molecule is Cc1cn[nH]c1NC(=O)C1(C)COCC1N. The molecule has 2 atom stereocenters. The molecule has 0 radical (unpaired) electrons. The van der Waals surface area contributed by atoms with E-state index in [2.05, 4.69) is 15.5 Å². The van der Waals surface area contributed by atoms with Crippen LogP contribution in [0.4, 0.5) is 5.82 Å². The van der Waals surface area contributed by atoms with Crippen molar-refractivity contribution >= 4 is 11.7 Å². The minimum absolute atomic E-state index is 0.134. The number of nitrogens with two attached hydrogens (primary N) is 1. The van der Waals surface area contributed by atoms with Crippen LogP contribution in [0.1, 0.15) is 12.5 Å². The Kier molecular flexibility index (Phi) is 2.69. The van der Waals surface area contributed by atoms with E-state index in [1.54, 1.807) is 6.20 Å². The summed E-state index contributed by atoms with van der Waals surface area (Å²) in [4.78, 5) is 12.1. The van der Waals surface area contributed by atoms with Crippen LogP contribution in [0, 0.1) is 12.3 Å². The number of H-pyrrole nitrogens is 1. The first-order chi connectivity index (χ1) is 7.54. The van der Waals surface area contributed by atoms with Crippen molar-refractivity contribution in [1.29, 1.82) is 0 Å². The topological polar surface area (TPSA) is 93.0 Å². The standard InChI is InChI=1S/C10H16N4O2/c1-6-3-12-14-8(6)13-9(15)10(2)5-16-4-7(10)11/h3,7H,4-5,11H2,1-2H3,(H2,12,13,14,15). The molecule has 1 amide bonds. The third-order valence-electron chi connectivity index (χ3n) is 3.10. The first kappa shape index (κ1) is 11.1. The summed E-state index contributed by atoms with van der Waals surface area (Å²) in [5.74, 6) is 0.482. The lowest BCUT2D eigenvalue weighted by Crippen LogP contribution is -2.47. The van der Waals surface area contributed by atoms with E-state index in [9.17, 15) is 4.79 Å². The average molecular weight is 224 g/mol. The van der Waals surface area contributed by atoms with Gasteiger partial charge in [-0.25, -0.2) is 0 Å². The summed E-state index contributed by atoms with van der Waals surface area (Å²) >= 11 is 0. The van der Waals surface area contributed by atoms with Gasteiger partial charge in [-0.1, -0.05) is 0 Å². The van der Waals surface area contributed by atoms with Crippen LogP contribution in [0.2, 0.25) is 0 Å². The van der Waals surface area contributed by atoms with Crippen LogP contribution in [0.15, 0.2) is 6.20 Å². The Bertz CT molecular complexity index is 403. The molecule has 16 heavy (non-hydrogen) atoms. The first-order valence-corrected chi connectivity index (χ1v) is 5.19. The van der Waals surface area contributed by atoms with Gasteiger partial charge in [-0.2, -0.15) is 5.10 Å². The van der Waals surface area contributed by atoms with Gasteiger partial charge in [0.25, 0.3) is 0 Å². The molecule has 88 valence electrons. The van der Waals surface area contributed by atoms with Crippen LogP contribution in [0.3, 0.4) is 0 Å². The Balaban J connectivity index is 2.11. The Morgan fingerprint density at radius 2 is 2.56 bits per heavy atom. The molecule has 1 aromatic rings. The number of aromatic nitrogens is 2. The fraction of sp³-hybridized carbons (Fsp3) is 0.600. The smallest absolute Gasteiger partial charge is 0.235 e. The van der Waals surface area contributed by atoms with Gasteiger partial charge in [0.05, 0.1) is 24.8 Å². The van der Waals surface area contributed by atoms with Crippen molar-refractivity contribution in [3.8, 4) is 0 Å². The lowest BCUT2D eigenvalue weighted by atomic mass is 9.85. The van der Waals surface area contributed by atoms with Crippen molar-refractivity contribution in [2.45, 2.75) is 19.9 Å². The number of amides is 1. The van der Waals surface area contributed by atoms with Crippen LogP contribution < -0.4 is 11.1 Å². The molecule has 0 saturated carbocycles. The van der Waals surface area contributed by atoms with Gasteiger partial charge >= 0.3 is 0 Å². The molecular formula is C10H16N4O2. The zero-order chi connectivity index (χ0) is 11.8. The average Bonchev–Trinajstić information content (AvgIpc) is 2.77. The summed E-state index contributed by atoms with van der Waals surface area (Å²) < 4.78 is 5.23. The molecule has 1 aliphatic heterocycles. The van der Waals surface area contributed by atoms with E-state index in [1.165, 1.54) is 0 Å². The summed E-state index contributed by atoms with van der Waals surface area (Å²) in [6, 6.07) is -0.268. The Morgan fingerprint density at radius 1 is 1.81 bits per heavy atom. The molecule has 0 bridgehead atoms. The number of carbonyl (C=O) groups is 1. The maximum atomic E-state index is 12.1. The number of carbonyl (C=O) groups excluding carboxylic acids is 1. The fourth-order valence-electron chi connectivity index (χ4n) is 1.65. The van der Waals surface area contributed by atoms with Gasteiger partial charge in [-0.05, 0) is 13.8 Å². The largest absolute Gasteiger partial charge is 0.379 e. The normalized spacial score (nSPS) is 29.3. The van der Waals surface area contributed by atoms with Gasteiger partial charge in [0, 0.05) is 11.6 Å². The summed E-state index contributed by atoms with van der Waals surface area (Å²) in [5, 5.41) is 9.36. The van der Waals surface area contributed by atoms with Gasteiger partial charge in [0.1, 0.15) is 5.82 Å². The van der Waals surface area contributed by atoms with Gasteiger partial charge in [0.15, 0.2) is 0 Å². The molecule has 1 fully saturated rings. The Morgan fingerprint density at radius 3 is 3.06 bits per heavy atom. The highest BCUT2D eigenvalue weighted by molar-refractivity contribution is 5.95. The second kappa shape index (κ2) is 3.88. The van der Waals surface area contributed by atoms with Crippen molar-refractivity contribution in [3.05, 3.63) is 11.8 Å². The van der Waals surface area contributed by atoms with Crippen LogP contribution >= 0.6 is 0 Å². The summed E-state index contributed by atoms with van der Waals surface area (Å²) in [6.07, 6.45) is 1.66. The number of aryl methyl sites for hydroxylation is 1. The monoisotopic (exact) mass is 224 g/mol. The molecule has 0 spiro atoms. The van der Waals surface area contributed by atoms with Crippen molar-refractivity contribution in [3.63, 3.8) is 0 Å². The fourth-order valence-corrected chi connectivity index (χ4v) is 1.65. The molecule has 2 rings (SSSR count). The zero-order valence-corrected chi connectivity index (χ0v) is 9.41. The van der Waals surface area contributed by atoms with Gasteiger partial charge < -0.3 is 15.8 Å². The third kappa shape index (κ3) is 1.70. The number of anilines is 1. The van der Waals surface area contributed by atoms with E-state index in [0.717, 1.165) is 5.56 Å². The van der Waals surface area contributed by atoms with E-state index in [-0.39, 0.29) is 11.9 Å². The van der Waals surface area contributed by atoms with E-state index in [4.69, 9.17) is 10.5 Å². The highest BCUT2D eigenvalue weighted by Crippen LogP contribution is 2.28. The van der Waals surface area contributed by atoms with Crippen molar-refractivity contribution < 1.29 is 9.53 Å². The van der Waals surface area contributed by atoms with Crippen molar-refractivity contribution in [2.24, 2.45) is 11.1 Å². The molecule has 1 saturated heterocycles. The second-order valence-corrected chi connectivity index (χ2v) is 4.42. The second-order valence-electron chi connectivity index (χ2n) is 4.42. The first-order valence-electron chi connectivity index (χ1n) is 5.19. The van der Waals surface area contributed by atoms with E-state index in [1.807, 2.05) is 13.8 Å². The summed E-state index contributed by atoms with van der Waals surface area (Å²) in [5.41, 5.74) is 6.09. The molecule has 0 aliphatic carbocycles. The van der Waals surface area contributed by atoms with Crippen molar-refractivity contribution in [1.82, 2.24) is 10.2 Å². The molecule has 0 aromatic carbocycles. The third-order valence-corrected chi connectivity index (χ3v) is 3.10. The molecule has 2 unspecified atom stereocenters. The predicted octanol–water partition coefficient (Wildman–Crippen LogP) is 0.0204. The quantitative estimate of drug-likeness (QED) is 0.660. The minimum atomic E-state index is -0.669. The number of ether oxygens (including phenoxy) is 1. The number of hydrogen-bond donors (Lipinski definition) is 3. The number of nitrogens with one attached hydrogen (secondary N) is 2. The molecule has 4 N–H and O–H groups in total. The maximum Gasteiger partial charge on any atom is 0.235 e. The number of nitrogens with zero attached hydrogens (tertiary/aromatic N) is 1. The lowest BCUT2D eigenvalue weighted by Gasteiger charge is -2.25. The van der Waals surface area contributed by atoms with Gasteiger partial charge in [-0.3, -0.25) is 9.89 Å². The van der Waals surface area contributed by atoms with Crippen LogP contribution in [-0.4, -0.2) is 35.4 Å². The Labute approximate surface area is 93.5 Å². The number of aromatic amines is 1. The van der Waals surface area contributed by atoms with Crippen LogP contribution in [-0.2, 0) is 9.53 Å². The lowest BCUT2D eigenvalue weighted by molar-refractivity contribution is -0.125. The zero-order valence-electron chi connectivity index (χ0n) is 9.41. The molecule has 1 aliphatic rings. The maximum absolute atomic E-state index is 12.1. The minimum Gasteiger partial charge on any atom is -0.379 e. The molecule has 2 heterocycles.